The molecule has 82 valence electrons. The summed E-state index contributed by atoms with van der Waals surface area (Å²) in [4.78, 5) is 7.04. The van der Waals surface area contributed by atoms with Gasteiger partial charge in [0, 0.05) is 25.2 Å². The maximum absolute atomic E-state index is 5.58. The predicted octanol–water partition coefficient (Wildman–Crippen LogP) is 1.75. The molecule has 15 heavy (non-hydrogen) atoms. The topological polar surface area (TPSA) is 42.1 Å². The Morgan fingerprint density at radius 3 is 2.80 bits per heavy atom. The molecule has 2 N–H and O–H groups in total. The normalized spacial score (nSPS) is 12.2. The minimum Gasteiger partial charge on any atom is -0.393 e. The van der Waals surface area contributed by atoms with Crippen LogP contribution in [0, 0.1) is 12.8 Å². The van der Waals surface area contributed by atoms with Crippen LogP contribution in [-0.2, 0) is 0 Å². The lowest BCUT2D eigenvalue weighted by Gasteiger charge is -2.22. The number of anilines is 1. The van der Waals surface area contributed by atoms with Gasteiger partial charge < -0.3 is 10.6 Å². The molecule has 1 heterocycles. The second-order valence-electron chi connectivity index (χ2n) is 3.82. The van der Waals surface area contributed by atoms with Crippen LogP contribution in [0.15, 0.2) is 18.2 Å². The highest BCUT2D eigenvalue weighted by Gasteiger charge is 2.10. The van der Waals surface area contributed by atoms with Gasteiger partial charge in [0.1, 0.15) is 5.82 Å². The molecule has 0 saturated heterocycles. The van der Waals surface area contributed by atoms with E-state index in [1.54, 1.807) is 0 Å². The molecule has 1 aromatic heterocycles. The quantitative estimate of drug-likeness (QED) is 0.790. The Balaban J connectivity index is 2.68. The molecule has 0 aromatic carbocycles. The van der Waals surface area contributed by atoms with E-state index in [4.69, 9.17) is 18.0 Å². The predicted molar refractivity (Wildman–Crippen MR) is 68.2 cm³/mol. The third-order valence-corrected chi connectivity index (χ3v) is 2.70. The van der Waals surface area contributed by atoms with E-state index in [0.29, 0.717) is 4.99 Å². The summed E-state index contributed by atoms with van der Waals surface area (Å²) in [6.45, 7) is 4.80. The first-order valence-electron chi connectivity index (χ1n) is 4.95. The maximum Gasteiger partial charge on any atom is 0.128 e. The summed E-state index contributed by atoms with van der Waals surface area (Å²) < 4.78 is 0. The molecule has 0 amide bonds. The van der Waals surface area contributed by atoms with Crippen LogP contribution in [0.1, 0.15) is 12.6 Å². The molecule has 4 heteroatoms. The summed E-state index contributed by atoms with van der Waals surface area (Å²) in [5, 5.41) is 0. The molecule has 0 saturated carbocycles. The average molecular weight is 223 g/mol. The highest BCUT2D eigenvalue weighted by Crippen LogP contribution is 2.11. The molecule has 3 nitrogen and oxygen atoms in total. The van der Waals surface area contributed by atoms with E-state index >= 15 is 0 Å². The highest BCUT2D eigenvalue weighted by molar-refractivity contribution is 7.80. The number of hydrogen-bond donors (Lipinski definition) is 1. The lowest BCUT2D eigenvalue weighted by Crippen LogP contribution is -2.31. The number of thiocarbonyl (C=S) groups is 1. The molecule has 1 rings (SSSR count). The minimum atomic E-state index is 0.201. The van der Waals surface area contributed by atoms with E-state index in [1.165, 1.54) is 0 Å². The molecule has 0 aliphatic rings. The van der Waals surface area contributed by atoms with Gasteiger partial charge in [0.2, 0.25) is 0 Å². The fourth-order valence-corrected chi connectivity index (χ4v) is 1.41. The number of nitrogens with two attached hydrogens (primary N) is 1. The highest BCUT2D eigenvalue weighted by atomic mass is 32.1. The number of aromatic nitrogens is 1. The summed E-state index contributed by atoms with van der Waals surface area (Å²) in [5.41, 5.74) is 6.59. The van der Waals surface area contributed by atoms with Crippen molar-refractivity contribution in [2.24, 2.45) is 11.7 Å². The van der Waals surface area contributed by atoms with Crippen molar-refractivity contribution >= 4 is 23.0 Å². The zero-order valence-electron chi connectivity index (χ0n) is 9.40. The molecule has 1 atom stereocenters. The number of nitrogens with zero attached hydrogens (tertiary/aromatic N) is 2. The minimum absolute atomic E-state index is 0.201. The zero-order chi connectivity index (χ0) is 11.4. The number of rotatable bonds is 4. The summed E-state index contributed by atoms with van der Waals surface area (Å²) in [5.74, 6) is 1.16. The van der Waals surface area contributed by atoms with Crippen molar-refractivity contribution in [3.63, 3.8) is 0 Å². The Hall–Kier alpha value is -1.16. The molecule has 1 aromatic rings. The van der Waals surface area contributed by atoms with Gasteiger partial charge in [-0.2, -0.15) is 0 Å². The van der Waals surface area contributed by atoms with Gasteiger partial charge in [0.25, 0.3) is 0 Å². The van der Waals surface area contributed by atoms with E-state index in [0.717, 1.165) is 18.1 Å². The first kappa shape index (κ1) is 11.9. The average Bonchev–Trinajstić information content (AvgIpc) is 2.17. The lowest BCUT2D eigenvalue weighted by molar-refractivity contribution is 0.734. The van der Waals surface area contributed by atoms with Crippen LogP contribution in [0.3, 0.4) is 0 Å². The third-order valence-electron chi connectivity index (χ3n) is 2.30. The van der Waals surface area contributed by atoms with Gasteiger partial charge in [0.15, 0.2) is 0 Å². The van der Waals surface area contributed by atoms with Gasteiger partial charge in [-0.3, -0.25) is 0 Å². The number of aryl methyl sites for hydroxylation is 1. The van der Waals surface area contributed by atoms with Crippen LogP contribution in [0.4, 0.5) is 5.82 Å². The smallest absolute Gasteiger partial charge is 0.128 e. The van der Waals surface area contributed by atoms with Crippen molar-refractivity contribution in [2.75, 3.05) is 18.5 Å². The van der Waals surface area contributed by atoms with Gasteiger partial charge in [-0.25, -0.2) is 4.98 Å². The largest absolute Gasteiger partial charge is 0.393 e. The Morgan fingerprint density at radius 2 is 2.27 bits per heavy atom. The molecule has 1 unspecified atom stereocenters. The van der Waals surface area contributed by atoms with E-state index in [9.17, 15) is 0 Å². The van der Waals surface area contributed by atoms with Crippen LogP contribution in [0.2, 0.25) is 0 Å². The Bertz CT molecular complexity index is 351. The molecule has 0 aliphatic heterocycles. The van der Waals surface area contributed by atoms with Crippen LogP contribution in [0.5, 0.6) is 0 Å². The lowest BCUT2D eigenvalue weighted by atomic mass is 10.2. The van der Waals surface area contributed by atoms with Crippen molar-refractivity contribution in [1.82, 2.24) is 4.98 Å². The van der Waals surface area contributed by atoms with Crippen LogP contribution in [-0.4, -0.2) is 23.6 Å². The van der Waals surface area contributed by atoms with Crippen LogP contribution >= 0.6 is 12.2 Å². The van der Waals surface area contributed by atoms with Crippen molar-refractivity contribution in [3.05, 3.63) is 23.9 Å². The zero-order valence-corrected chi connectivity index (χ0v) is 10.2. The van der Waals surface area contributed by atoms with Gasteiger partial charge >= 0.3 is 0 Å². The third kappa shape index (κ3) is 3.47. The molecule has 0 bridgehead atoms. The second kappa shape index (κ2) is 5.07. The summed E-state index contributed by atoms with van der Waals surface area (Å²) in [6, 6.07) is 5.97. The Kier molecular flexibility index (Phi) is 4.03. The van der Waals surface area contributed by atoms with Crippen molar-refractivity contribution in [1.29, 1.82) is 0 Å². The molecular formula is C11H17N3S. The van der Waals surface area contributed by atoms with Gasteiger partial charge in [-0.15, -0.1) is 0 Å². The summed E-state index contributed by atoms with van der Waals surface area (Å²) in [6.07, 6.45) is 0. The second-order valence-corrected chi connectivity index (χ2v) is 4.29. The monoisotopic (exact) mass is 223 g/mol. The van der Waals surface area contributed by atoms with Crippen LogP contribution in [0.25, 0.3) is 0 Å². The molecular weight excluding hydrogens is 206 g/mol. The van der Waals surface area contributed by atoms with E-state index in [-0.39, 0.29) is 5.92 Å². The molecule has 0 spiro atoms. The standard InChI is InChI=1S/C11H17N3S/c1-8(11(12)15)7-14(3)10-6-4-5-9(2)13-10/h4-6,8H,7H2,1-3H3,(H2,12,15). The van der Waals surface area contributed by atoms with Crippen molar-refractivity contribution in [3.8, 4) is 0 Å². The van der Waals surface area contributed by atoms with Gasteiger partial charge in [0.05, 0.1) is 4.99 Å². The first-order valence-corrected chi connectivity index (χ1v) is 5.35. The molecule has 0 radical (unpaired) electrons. The van der Waals surface area contributed by atoms with E-state index in [2.05, 4.69) is 9.88 Å². The first-order chi connectivity index (χ1) is 7.00. The van der Waals surface area contributed by atoms with Crippen molar-refractivity contribution in [2.45, 2.75) is 13.8 Å². The van der Waals surface area contributed by atoms with Crippen molar-refractivity contribution < 1.29 is 0 Å². The fraction of sp³-hybridized carbons (Fsp3) is 0.455. The number of pyridine rings is 1. The molecule has 0 fully saturated rings. The summed E-state index contributed by atoms with van der Waals surface area (Å²) >= 11 is 4.94. The summed E-state index contributed by atoms with van der Waals surface area (Å²) in [7, 11) is 2.00. The van der Waals surface area contributed by atoms with E-state index < -0.39 is 0 Å². The Labute approximate surface area is 96.3 Å². The van der Waals surface area contributed by atoms with Gasteiger partial charge in [-0.05, 0) is 19.1 Å². The van der Waals surface area contributed by atoms with Crippen LogP contribution < -0.4 is 10.6 Å². The molecule has 0 aliphatic carbocycles. The number of hydrogen-bond acceptors (Lipinski definition) is 3. The fourth-order valence-electron chi connectivity index (χ4n) is 1.34. The Morgan fingerprint density at radius 1 is 1.60 bits per heavy atom. The van der Waals surface area contributed by atoms with E-state index in [1.807, 2.05) is 39.1 Å². The van der Waals surface area contributed by atoms with Gasteiger partial charge in [-0.1, -0.05) is 25.2 Å². The maximum atomic E-state index is 5.58. The SMILES string of the molecule is Cc1cccc(N(C)CC(C)C(N)=S)n1.